The van der Waals surface area contributed by atoms with Crippen molar-refractivity contribution in [1.82, 2.24) is 20.0 Å². The van der Waals surface area contributed by atoms with E-state index in [2.05, 4.69) is 10.2 Å². The van der Waals surface area contributed by atoms with Gasteiger partial charge >= 0.3 is 0 Å². The molecule has 0 radical (unpaired) electrons. The fourth-order valence-corrected chi connectivity index (χ4v) is 6.73. The molecular weight excluding hydrogens is 392 g/mol. The van der Waals surface area contributed by atoms with E-state index in [-0.39, 0.29) is 36.4 Å². The monoisotopic (exact) mass is 418 g/mol. The van der Waals surface area contributed by atoms with Crippen LogP contribution < -0.4 is 5.32 Å². The lowest BCUT2D eigenvalue weighted by molar-refractivity contribution is -0.156. The van der Waals surface area contributed by atoms with Crippen molar-refractivity contribution < 1.29 is 22.7 Å². The van der Waals surface area contributed by atoms with Crippen LogP contribution in [0.15, 0.2) is 0 Å². The van der Waals surface area contributed by atoms with E-state index in [4.69, 9.17) is 4.74 Å². The molecule has 0 aromatic heterocycles. The van der Waals surface area contributed by atoms with Crippen molar-refractivity contribution >= 4 is 33.4 Å². The maximum absolute atomic E-state index is 13.3. The average molecular weight is 419 g/mol. The Bertz CT molecular complexity index is 692. The number of imide groups is 1. The molecule has 152 valence electrons. The molecule has 4 aliphatic rings. The number of rotatable bonds is 3. The second-order valence-electron chi connectivity index (χ2n) is 7.33. The summed E-state index contributed by atoms with van der Waals surface area (Å²) in [6, 6.07) is -0.641. The molecule has 2 amide bonds. The van der Waals surface area contributed by atoms with Crippen LogP contribution in [0.2, 0.25) is 0 Å². The summed E-state index contributed by atoms with van der Waals surface area (Å²) in [6.07, 6.45) is 0. The maximum atomic E-state index is 13.3. The van der Waals surface area contributed by atoms with Crippen LogP contribution >= 0.6 is 11.8 Å². The molecule has 9 nitrogen and oxygen atoms in total. The summed E-state index contributed by atoms with van der Waals surface area (Å²) in [5.74, 6) is 1.24. The van der Waals surface area contributed by atoms with Gasteiger partial charge in [-0.3, -0.25) is 29.6 Å². The van der Waals surface area contributed by atoms with Gasteiger partial charge in [-0.2, -0.15) is 11.8 Å². The number of morpholine rings is 1. The highest BCUT2D eigenvalue weighted by atomic mass is 32.2. The number of hydrogen-bond donors (Lipinski definition) is 1. The van der Waals surface area contributed by atoms with Crippen molar-refractivity contribution in [2.75, 3.05) is 75.5 Å². The number of thioether (sulfide) groups is 1. The Morgan fingerprint density at radius 1 is 0.963 bits per heavy atom. The number of carbonyl (C=O) groups excluding carboxylic acids is 2. The first-order chi connectivity index (χ1) is 12.9. The SMILES string of the molecule is O=C1NC(=O)C(N2CCSCC2)(N2CCS(=O)(=O)CC2)C1N1CCOCC1. The summed E-state index contributed by atoms with van der Waals surface area (Å²) in [5, 5.41) is 2.57. The molecule has 1 N–H and O–H groups in total. The molecule has 0 bridgehead atoms. The summed E-state index contributed by atoms with van der Waals surface area (Å²) >= 11 is 1.84. The number of amides is 2. The van der Waals surface area contributed by atoms with Gasteiger partial charge in [0.1, 0.15) is 6.04 Å². The first-order valence-corrected chi connectivity index (χ1v) is 12.4. The minimum atomic E-state index is -3.09. The van der Waals surface area contributed by atoms with Gasteiger partial charge in [0, 0.05) is 50.8 Å². The molecule has 4 heterocycles. The van der Waals surface area contributed by atoms with Crippen molar-refractivity contribution in [2.45, 2.75) is 11.7 Å². The van der Waals surface area contributed by atoms with E-state index in [9.17, 15) is 18.0 Å². The largest absolute Gasteiger partial charge is 0.379 e. The van der Waals surface area contributed by atoms with Crippen LogP contribution in [-0.2, 0) is 24.2 Å². The molecule has 0 aliphatic carbocycles. The molecular formula is C16H26N4O5S2. The first kappa shape index (κ1) is 19.6. The van der Waals surface area contributed by atoms with Crippen LogP contribution in [0.3, 0.4) is 0 Å². The summed E-state index contributed by atoms with van der Waals surface area (Å²) in [5.41, 5.74) is -1.13. The van der Waals surface area contributed by atoms with E-state index < -0.39 is 21.5 Å². The van der Waals surface area contributed by atoms with Crippen molar-refractivity contribution in [2.24, 2.45) is 0 Å². The Kier molecular flexibility index (Phi) is 5.51. The van der Waals surface area contributed by atoms with Crippen molar-refractivity contribution in [1.29, 1.82) is 0 Å². The highest BCUT2D eigenvalue weighted by molar-refractivity contribution is 7.99. The third kappa shape index (κ3) is 3.42. The third-order valence-corrected chi connectivity index (χ3v) is 8.48. The number of sulfone groups is 1. The summed E-state index contributed by atoms with van der Waals surface area (Å²) < 4.78 is 29.4. The van der Waals surface area contributed by atoms with Crippen LogP contribution in [0.25, 0.3) is 0 Å². The van der Waals surface area contributed by atoms with Gasteiger partial charge in [0.2, 0.25) is 5.91 Å². The van der Waals surface area contributed by atoms with Gasteiger partial charge in [-0.05, 0) is 0 Å². The molecule has 4 aliphatic heterocycles. The number of hydrogen-bond acceptors (Lipinski definition) is 9. The fourth-order valence-electron chi connectivity index (χ4n) is 4.63. The third-order valence-electron chi connectivity index (χ3n) is 5.93. The Morgan fingerprint density at radius 2 is 1.56 bits per heavy atom. The molecule has 2 unspecified atom stereocenters. The molecule has 4 rings (SSSR count). The lowest BCUT2D eigenvalue weighted by Crippen LogP contribution is -2.75. The van der Waals surface area contributed by atoms with Gasteiger partial charge in [0.15, 0.2) is 15.5 Å². The van der Waals surface area contributed by atoms with Gasteiger partial charge in [-0.25, -0.2) is 8.42 Å². The molecule has 4 fully saturated rings. The fraction of sp³-hybridized carbons (Fsp3) is 0.875. The zero-order valence-electron chi connectivity index (χ0n) is 15.3. The summed E-state index contributed by atoms with van der Waals surface area (Å²) in [4.78, 5) is 32.3. The number of nitrogens with zero attached hydrogens (tertiary/aromatic N) is 3. The van der Waals surface area contributed by atoms with Gasteiger partial charge in [-0.15, -0.1) is 0 Å². The van der Waals surface area contributed by atoms with Crippen LogP contribution in [0, 0.1) is 0 Å². The van der Waals surface area contributed by atoms with Gasteiger partial charge in [-0.1, -0.05) is 0 Å². The second-order valence-corrected chi connectivity index (χ2v) is 10.9. The quantitative estimate of drug-likeness (QED) is 0.513. The van der Waals surface area contributed by atoms with Crippen LogP contribution in [0.5, 0.6) is 0 Å². The van der Waals surface area contributed by atoms with Crippen LogP contribution in [0.4, 0.5) is 0 Å². The standard InChI is InChI=1S/C16H26N4O5S2/c21-14-13(18-1-7-25-8-2-18)16(15(22)17-14,19-3-9-26-10-4-19)20-5-11-27(23,24)12-6-20/h13H,1-12H2,(H,17,21,22). The van der Waals surface area contributed by atoms with E-state index in [1.807, 2.05) is 21.6 Å². The molecule has 4 saturated heterocycles. The van der Waals surface area contributed by atoms with E-state index in [0.717, 1.165) is 11.5 Å². The van der Waals surface area contributed by atoms with Crippen molar-refractivity contribution in [3.05, 3.63) is 0 Å². The highest BCUT2D eigenvalue weighted by Gasteiger charge is 2.64. The molecule has 27 heavy (non-hydrogen) atoms. The maximum Gasteiger partial charge on any atom is 0.264 e. The van der Waals surface area contributed by atoms with E-state index >= 15 is 0 Å². The van der Waals surface area contributed by atoms with E-state index in [1.54, 1.807) is 0 Å². The number of carbonyl (C=O) groups is 2. The molecule has 0 spiro atoms. The Labute approximate surface area is 163 Å². The zero-order chi connectivity index (χ0) is 19.1. The van der Waals surface area contributed by atoms with E-state index in [0.29, 0.717) is 39.4 Å². The first-order valence-electron chi connectivity index (χ1n) is 9.40. The molecule has 11 heteroatoms. The number of nitrogens with one attached hydrogen (secondary N) is 1. The predicted molar refractivity (Wildman–Crippen MR) is 101 cm³/mol. The Hall–Kier alpha value is -0.720. The van der Waals surface area contributed by atoms with Gasteiger partial charge in [0.05, 0.1) is 24.7 Å². The summed E-state index contributed by atoms with van der Waals surface area (Å²) in [6.45, 7) is 4.17. The highest BCUT2D eigenvalue weighted by Crippen LogP contribution is 2.36. The van der Waals surface area contributed by atoms with Crippen molar-refractivity contribution in [3.8, 4) is 0 Å². The van der Waals surface area contributed by atoms with Crippen LogP contribution in [0.1, 0.15) is 0 Å². The predicted octanol–water partition coefficient (Wildman–Crippen LogP) is -2.18. The minimum absolute atomic E-state index is 0.0225. The van der Waals surface area contributed by atoms with Gasteiger partial charge in [0.25, 0.3) is 5.91 Å². The second kappa shape index (κ2) is 7.60. The van der Waals surface area contributed by atoms with E-state index in [1.165, 1.54) is 0 Å². The lowest BCUT2D eigenvalue weighted by atomic mass is 9.95. The van der Waals surface area contributed by atoms with Crippen LogP contribution in [-0.4, -0.2) is 122 Å². The van der Waals surface area contributed by atoms with Gasteiger partial charge < -0.3 is 4.74 Å². The Morgan fingerprint density at radius 3 is 2.19 bits per heavy atom. The average Bonchev–Trinajstić information content (AvgIpc) is 2.94. The zero-order valence-corrected chi connectivity index (χ0v) is 16.9. The Balaban J connectivity index is 1.74. The van der Waals surface area contributed by atoms with Crippen molar-refractivity contribution in [3.63, 3.8) is 0 Å². The molecule has 0 aromatic carbocycles. The number of ether oxygens (including phenoxy) is 1. The summed E-state index contributed by atoms with van der Waals surface area (Å²) in [7, 11) is -3.09. The topological polar surface area (TPSA) is 99.3 Å². The molecule has 2 atom stereocenters. The molecule has 0 aromatic rings. The normalized spacial score (nSPS) is 36.7. The lowest BCUT2D eigenvalue weighted by Gasteiger charge is -2.53. The molecule has 0 saturated carbocycles. The minimum Gasteiger partial charge on any atom is -0.379 e. The smallest absolute Gasteiger partial charge is 0.264 e.